The van der Waals surface area contributed by atoms with Gasteiger partial charge in [0.25, 0.3) is 0 Å². The predicted octanol–water partition coefficient (Wildman–Crippen LogP) is 6.16. The highest BCUT2D eigenvalue weighted by Crippen LogP contribution is 2.30. The summed E-state index contributed by atoms with van der Waals surface area (Å²) in [5.74, 6) is 0. The first-order chi connectivity index (χ1) is 10.9. The summed E-state index contributed by atoms with van der Waals surface area (Å²) < 4.78 is 0. The molecule has 0 N–H and O–H groups in total. The van der Waals surface area contributed by atoms with Crippen molar-refractivity contribution < 1.29 is 0 Å². The van der Waals surface area contributed by atoms with Crippen LogP contribution < -0.4 is 0 Å². The minimum atomic E-state index is 1.31. The van der Waals surface area contributed by atoms with Gasteiger partial charge in [0.05, 0.1) is 0 Å². The molecule has 0 saturated heterocycles. The fourth-order valence-electron chi connectivity index (χ4n) is 2.99. The van der Waals surface area contributed by atoms with Gasteiger partial charge in [0.15, 0.2) is 0 Å². The van der Waals surface area contributed by atoms with E-state index in [-0.39, 0.29) is 0 Å². The lowest BCUT2D eigenvalue weighted by Gasteiger charge is -1.99. The first-order valence-corrected chi connectivity index (χ1v) is 7.55. The zero-order valence-corrected chi connectivity index (χ0v) is 12.2. The average Bonchev–Trinajstić information content (AvgIpc) is 3.02. The Bertz CT molecular complexity index is 871. The molecule has 22 heavy (non-hydrogen) atoms. The number of benzene rings is 4. The van der Waals surface area contributed by atoms with Crippen molar-refractivity contribution in [2.75, 3.05) is 0 Å². The normalized spacial score (nSPS) is 11.5. The van der Waals surface area contributed by atoms with Gasteiger partial charge >= 0.3 is 0 Å². The molecule has 0 radical (unpaired) electrons. The van der Waals surface area contributed by atoms with Crippen LogP contribution in [0.1, 0.15) is 11.1 Å². The second kappa shape index (κ2) is 5.50. The molecule has 1 aliphatic carbocycles. The molecular formula is C22H16. The Kier molecular flexibility index (Phi) is 3.21. The van der Waals surface area contributed by atoms with E-state index < -0.39 is 0 Å². The van der Waals surface area contributed by atoms with Gasteiger partial charge in [-0.2, -0.15) is 0 Å². The first-order valence-electron chi connectivity index (χ1n) is 7.55. The van der Waals surface area contributed by atoms with Crippen molar-refractivity contribution >= 4 is 33.7 Å². The SMILES string of the molecule is C1=Cc2cccc3cccc1c23.c1ccc2ccccc2c1. The quantitative estimate of drug-likeness (QED) is 0.318. The van der Waals surface area contributed by atoms with Gasteiger partial charge in [0, 0.05) is 0 Å². The first kappa shape index (κ1) is 12.8. The standard InChI is InChI=1S/C12H8.C10H8/c1-3-9-4-2-6-11-8-7-10(5-1)12(9)11;1-2-6-10-8-4-3-7-9(10)5-1/h1-8H;1-8H. The lowest BCUT2D eigenvalue weighted by Crippen LogP contribution is -1.76. The molecule has 0 aromatic heterocycles. The molecule has 0 unspecified atom stereocenters. The predicted molar refractivity (Wildman–Crippen MR) is 96.8 cm³/mol. The number of rotatable bonds is 0. The highest BCUT2D eigenvalue weighted by Gasteiger charge is 2.06. The molecule has 1 aliphatic rings. The van der Waals surface area contributed by atoms with Crippen molar-refractivity contribution in [3.05, 3.63) is 96.1 Å². The van der Waals surface area contributed by atoms with E-state index in [2.05, 4.69) is 97.1 Å². The molecule has 0 amide bonds. The van der Waals surface area contributed by atoms with Gasteiger partial charge in [0.1, 0.15) is 0 Å². The molecule has 0 heteroatoms. The number of hydrogen-bond donors (Lipinski definition) is 0. The van der Waals surface area contributed by atoms with Crippen LogP contribution in [0.3, 0.4) is 0 Å². The third-order valence-electron chi connectivity index (χ3n) is 4.07. The van der Waals surface area contributed by atoms with Crippen molar-refractivity contribution in [1.82, 2.24) is 0 Å². The summed E-state index contributed by atoms with van der Waals surface area (Å²) in [5, 5.41) is 5.37. The molecule has 4 aromatic rings. The summed E-state index contributed by atoms with van der Waals surface area (Å²) in [6.45, 7) is 0. The molecule has 4 aromatic carbocycles. The van der Waals surface area contributed by atoms with Crippen LogP contribution in [0.25, 0.3) is 33.7 Å². The van der Waals surface area contributed by atoms with Crippen LogP contribution in [-0.2, 0) is 0 Å². The smallest absolute Gasteiger partial charge is 0.00389 e. The van der Waals surface area contributed by atoms with Crippen molar-refractivity contribution in [2.45, 2.75) is 0 Å². The molecule has 5 rings (SSSR count). The molecule has 0 nitrogen and oxygen atoms in total. The second-order valence-corrected chi connectivity index (χ2v) is 5.47. The van der Waals surface area contributed by atoms with Crippen LogP contribution in [-0.4, -0.2) is 0 Å². The van der Waals surface area contributed by atoms with Crippen LogP contribution in [0.2, 0.25) is 0 Å². The van der Waals surface area contributed by atoms with Gasteiger partial charge in [0.2, 0.25) is 0 Å². The molecule has 0 atom stereocenters. The maximum absolute atomic E-state index is 2.18. The fraction of sp³-hybridized carbons (Fsp3) is 0. The molecule has 0 heterocycles. The Morgan fingerprint density at radius 3 is 1.23 bits per heavy atom. The molecule has 104 valence electrons. The lowest BCUT2D eigenvalue weighted by molar-refractivity contribution is 1.72. The van der Waals surface area contributed by atoms with Gasteiger partial charge in [-0.3, -0.25) is 0 Å². The highest BCUT2D eigenvalue weighted by molar-refractivity contribution is 6.04. The van der Waals surface area contributed by atoms with Gasteiger partial charge < -0.3 is 0 Å². The van der Waals surface area contributed by atoms with Crippen molar-refractivity contribution in [3.8, 4) is 0 Å². The monoisotopic (exact) mass is 280 g/mol. The van der Waals surface area contributed by atoms with Crippen molar-refractivity contribution in [2.24, 2.45) is 0 Å². The summed E-state index contributed by atoms with van der Waals surface area (Å²) in [7, 11) is 0. The second-order valence-electron chi connectivity index (χ2n) is 5.47. The van der Waals surface area contributed by atoms with E-state index in [4.69, 9.17) is 0 Å². The minimum Gasteiger partial charge on any atom is -0.0616 e. The Morgan fingerprint density at radius 1 is 0.364 bits per heavy atom. The molecular weight excluding hydrogens is 264 g/mol. The van der Waals surface area contributed by atoms with Gasteiger partial charge in [-0.05, 0) is 32.7 Å². The van der Waals surface area contributed by atoms with Crippen LogP contribution >= 0.6 is 0 Å². The van der Waals surface area contributed by atoms with E-state index in [1.807, 2.05) is 0 Å². The Morgan fingerprint density at radius 2 is 0.773 bits per heavy atom. The van der Waals surface area contributed by atoms with Crippen LogP contribution in [0.5, 0.6) is 0 Å². The number of fused-ring (bicyclic) bond motifs is 1. The van der Waals surface area contributed by atoms with E-state index >= 15 is 0 Å². The largest absolute Gasteiger partial charge is 0.0616 e. The summed E-state index contributed by atoms with van der Waals surface area (Å²) in [6.07, 6.45) is 4.36. The average molecular weight is 280 g/mol. The van der Waals surface area contributed by atoms with Crippen molar-refractivity contribution in [3.63, 3.8) is 0 Å². The zero-order chi connectivity index (χ0) is 14.8. The van der Waals surface area contributed by atoms with E-state index in [9.17, 15) is 0 Å². The van der Waals surface area contributed by atoms with Crippen LogP contribution in [0.4, 0.5) is 0 Å². The summed E-state index contributed by atoms with van der Waals surface area (Å²) in [4.78, 5) is 0. The van der Waals surface area contributed by atoms with E-state index in [1.54, 1.807) is 0 Å². The molecule has 0 spiro atoms. The molecule has 0 saturated carbocycles. The molecule has 0 bridgehead atoms. The molecule has 0 fully saturated rings. The van der Waals surface area contributed by atoms with E-state index in [0.29, 0.717) is 0 Å². The van der Waals surface area contributed by atoms with Crippen LogP contribution in [0.15, 0.2) is 84.9 Å². The van der Waals surface area contributed by atoms with Gasteiger partial charge in [-0.1, -0.05) is 97.1 Å². The topological polar surface area (TPSA) is 0 Å². The van der Waals surface area contributed by atoms with Gasteiger partial charge in [-0.25, -0.2) is 0 Å². The van der Waals surface area contributed by atoms with Gasteiger partial charge in [-0.15, -0.1) is 0 Å². The maximum atomic E-state index is 2.18. The Hall–Kier alpha value is -2.86. The fourth-order valence-corrected chi connectivity index (χ4v) is 2.99. The summed E-state index contributed by atoms with van der Waals surface area (Å²) in [5.41, 5.74) is 2.70. The summed E-state index contributed by atoms with van der Waals surface area (Å²) in [6, 6.07) is 29.6. The highest BCUT2D eigenvalue weighted by atomic mass is 14.1. The van der Waals surface area contributed by atoms with Crippen molar-refractivity contribution in [1.29, 1.82) is 0 Å². The minimum absolute atomic E-state index is 1.31. The van der Waals surface area contributed by atoms with E-state index in [1.165, 1.54) is 32.7 Å². The third kappa shape index (κ3) is 2.29. The third-order valence-corrected chi connectivity index (χ3v) is 4.07. The maximum Gasteiger partial charge on any atom is -0.00389 e. The molecule has 0 aliphatic heterocycles. The lowest BCUT2D eigenvalue weighted by atomic mass is 10.0. The van der Waals surface area contributed by atoms with E-state index in [0.717, 1.165) is 0 Å². The number of hydrogen-bond acceptors (Lipinski definition) is 0. The Labute approximate surface area is 130 Å². The Balaban J connectivity index is 0.000000116. The summed E-state index contributed by atoms with van der Waals surface area (Å²) >= 11 is 0. The zero-order valence-electron chi connectivity index (χ0n) is 12.2. The van der Waals surface area contributed by atoms with Crippen LogP contribution in [0, 0.1) is 0 Å².